The topological polar surface area (TPSA) is 49.3 Å². The first-order valence-electron chi connectivity index (χ1n) is 8.26. The molecule has 0 unspecified atom stereocenters. The molecule has 128 valence electrons. The minimum atomic E-state index is 0.171. The standard InChI is InChI=1S/C17H21BrN4OS/c1-2-7-22(16(23)15-4-3-10-24-15)14-5-8-21(9-6-14)17-19-11-13(18)12-20-17/h3-4,10-12,14H,2,5-9H2,1H3. The first-order chi connectivity index (χ1) is 11.7. The van der Waals surface area contributed by atoms with Crippen molar-refractivity contribution in [1.29, 1.82) is 0 Å². The van der Waals surface area contributed by atoms with Gasteiger partial charge in [-0.3, -0.25) is 4.79 Å². The molecule has 2 aromatic rings. The summed E-state index contributed by atoms with van der Waals surface area (Å²) in [7, 11) is 0. The van der Waals surface area contributed by atoms with E-state index in [0.717, 1.165) is 54.2 Å². The van der Waals surface area contributed by atoms with E-state index in [-0.39, 0.29) is 5.91 Å². The predicted octanol–water partition coefficient (Wildman–Crippen LogP) is 3.82. The highest BCUT2D eigenvalue weighted by molar-refractivity contribution is 9.10. The summed E-state index contributed by atoms with van der Waals surface area (Å²) in [5.74, 6) is 0.938. The zero-order valence-corrected chi connectivity index (χ0v) is 16.1. The normalized spacial score (nSPS) is 15.5. The van der Waals surface area contributed by atoms with Crippen LogP contribution in [0, 0.1) is 0 Å². The fraction of sp³-hybridized carbons (Fsp3) is 0.471. The third kappa shape index (κ3) is 3.95. The van der Waals surface area contributed by atoms with Crippen LogP contribution >= 0.6 is 27.3 Å². The lowest BCUT2D eigenvalue weighted by Gasteiger charge is -2.38. The molecule has 1 aliphatic heterocycles. The summed E-state index contributed by atoms with van der Waals surface area (Å²) < 4.78 is 0.886. The van der Waals surface area contributed by atoms with Crippen LogP contribution < -0.4 is 4.90 Å². The van der Waals surface area contributed by atoms with Crippen LogP contribution in [0.2, 0.25) is 0 Å². The highest BCUT2D eigenvalue weighted by Crippen LogP contribution is 2.23. The monoisotopic (exact) mass is 408 g/mol. The number of hydrogen-bond acceptors (Lipinski definition) is 5. The lowest BCUT2D eigenvalue weighted by molar-refractivity contribution is 0.0654. The summed E-state index contributed by atoms with van der Waals surface area (Å²) >= 11 is 4.89. The minimum absolute atomic E-state index is 0.171. The smallest absolute Gasteiger partial charge is 0.264 e. The molecule has 2 aromatic heterocycles. The number of thiophene rings is 1. The number of rotatable bonds is 5. The number of piperidine rings is 1. The Balaban J connectivity index is 1.65. The molecule has 7 heteroatoms. The highest BCUT2D eigenvalue weighted by Gasteiger charge is 2.29. The van der Waals surface area contributed by atoms with Crippen molar-refractivity contribution in [2.75, 3.05) is 24.5 Å². The first kappa shape index (κ1) is 17.4. The number of carbonyl (C=O) groups is 1. The molecular formula is C17H21BrN4OS. The molecule has 0 aromatic carbocycles. The molecule has 0 radical (unpaired) electrons. The summed E-state index contributed by atoms with van der Waals surface area (Å²) in [6.45, 7) is 4.70. The third-order valence-corrected chi connectivity index (χ3v) is 5.52. The van der Waals surface area contributed by atoms with Gasteiger partial charge in [-0.1, -0.05) is 13.0 Å². The van der Waals surface area contributed by atoms with Gasteiger partial charge in [0.05, 0.1) is 9.35 Å². The summed E-state index contributed by atoms with van der Waals surface area (Å²) in [6, 6.07) is 4.15. The molecule has 0 bridgehead atoms. The van der Waals surface area contributed by atoms with E-state index in [1.807, 2.05) is 17.5 Å². The van der Waals surface area contributed by atoms with Crippen molar-refractivity contribution in [1.82, 2.24) is 14.9 Å². The maximum Gasteiger partial charge on any atom is 0.264 e. The Morgan fingerprint density at radius 3 is 2.67 bits per heavy atom. The average Bonchev–Trinajstić information content (AvgIpc) is 3.15. The Morgan fingerprint density at radius 2 is 2.08 bits per heavy atom. The van der Waals surface area contributed by atoms with Crippen LogP contribution in [0.15, 0.2) is 34.4 Å². The van der Waals surface area contributed by atoms with E-state index >= 15 is 0 Å². The Kier molecular flexibility index (Phi) is 5.84. The maximum absolute atomic E-state index is 12.8. The van der Waals surface area contributed by atoms with Gasteiger partial charge in [0.15, 0.2) is 0 Å². The Labute approximate surface area is 154 Å². The second-order valence-electron chi connectivity index (χ2n) is 5.90. The van der Waals surface area contributed by atoms with Gasteiger partial charge in [0.1, 0.15) is 0 Å². The molecule has 3 rings (SSSR count). The van der Waals surface area contributed by atoms with E-state index < -0.39 is 0 Å². The van der Waals surface area contributed by atoms with Crippen molar-refractivity contribution in [2.45, 2.75) is 32.2 Å². The Morgan fingerprint density at radius 1 is 1.38 bits per heavy atom. The van der Waals surface area contributed by atoms with Gasteiger partial charge in [-0.2, -0.15) is 0 Å². The number of anilines is 1. The average molecular weight is 409 g/mol. The third-order valence-electron chi connectivity index (χ3n) is 4.25. The van der Waals surface area contributed by atoms with Crippen molar-refractivity contribution in [3.63, 3.8) is 0 Å². The Bertz CT molecular complexity index is 654. The van der Waals surface area contributed by atoms with Gasteiger partial charge >= 0.3 is 0 Å². The van der Waals surface area contributed by atoms with Crippen LogP contribution in [0.4, 0.5) is 5.95 Å². The van der Waals surface area contributed by atoms with E-state index in [1.54, 1.807) is 12.4 Å². The number of hydrogen-bond donors (Lipinski definition) is 0. The summed E-state index contributed by atoms with van der Waals surface area (Å²) in [6.07, 6.45) is 6.44. The van der Waals surface area contributed by atoms with E-state index in [4.69, 9.17) is 0 Å². The fourth-order valence-corrected chi connectivity index (χ4v) is 3.96. The highest BCUT2D eigenvalue weighted by atomic mass is 79.9. The fourth-order valence-electron chi connectivity index (χ4n) is 3.08. The summed E-state index contributed by atoms with van der Waals surface area (Å²) in [4.78, 5) is 26.6. The molecule has 5 nitrogen and oxygen atoms in total. The van der Waals surface area contributed by atoms with Crippen molar-refractivity contribution in [3.05, 3.63) is 39.3 Å². The van der Waals surface area contributed by atoms with Gasteiger partial charge < -0.3 is 9.80 Å². The molecule has 0 spiro atoms. The molecule has 1 aliphatic rings. The molecule has 0 saturated carbocycles. The lowest BCUT2D eigenvalue weighted by Crippen LogP contribution is -2.48. The minimum Gasteiger partial charge on any atom is -0.341 e. The molecule has 3 heterocycles. The van der Waals surface area contributed by atoms with Gasteiger partial charge in [-0.25, -0.2) is 9.97 Å². The van der Waals surface area contributed by atoms with Crippen LogP contribution in [0.5, 0.6) is 0 Å². The maximum atomic E-state index is 12.8. The molecule has 24 heavy (non-hydrogen) atoms. The Hall–Kier alpha value is -1.47. The van der Waals surface area contributed by atoms with Crippen LogP contribution in [0.1, 0.15) is 35.9 Å². The first-order valence-corrected chi connectivity index (χ1v) is 9.93. The molecule has 1 saturated heterocycles. The largest absolute Gasteiger partial charge is 0.341 e. The van der Waals surface area contributed by atoms with E-state index in [0.29, 0.717) is 6.04 Å². The number of nitrogens with zero attached hydrogens (tertiary/aromatic N) is 4. The van der Waals surface area contributed by atoms with Crippen LogP contribution in [-0.2, 0) is 0 Å². The van der Waals surface area contributed by atoms with Gasteiger partial charge in [-0.15, -0.1) is 11.3 Å². The van der Waals surface area contributed by atoms with Crippen LogP contribution in [0.3, 0.4) is 0 Å². The molecule has 1 amide bonds. The number of aromatic nitrogens is 2. The van der Waals surface area contributed by atoms with E-state index in [2.05, 4.69) is 42.6 Å². The molecule has 0 atom stereocenters. The van der Waals surface area contributed by atoms with Crippen LogP contribution in [-0.4, -0.2) is 46.5 Å². The summed E-state index contributed by atoms with van der Waals surface area (Å²) in [5, 5.41) is 1.96. The number of halogens is 1. The number of amides is 1. The quantitative estimate of drug-likeness (QED) is 0.754. The molecular weight excluding hydrogens is 388 g/mol. The molecule has 0 N–H and O–H groups in total. The number of carbonyl (C=O) groups excluding carboxylic acids is 1. The SMILES string of the molecule is CCCN(C(=O)c1cccs1)C1CCN(c2ncc(Br)cn2)CC1. The van der Waals surface area contributed by atoms with Crippen molar-refractivity contribution in [2.24, 2.45) is 0 Å². The van der Waals surface area contributed by atoms with Crippen LogP contribution in [0.25, 0.3) is 0 Å². The van der Waals surface area contributed by atoms with Crippen molar-refractivity contribution < 1.29 is 4.79 Å². The van der Waals surface area contributed by atoms with Crippen molar-refractivity contribution >= 4 is 39.1 Å². The van der Waals surface area contributed by atoms with Gasteiger partial charge in [0.25, 0.3) is 5.91 Å². The second-order valence-corrected chi connectivity index (χ2v) is 7.76. The lowest BCUT2D eigenvalue weighted by atomic mass is 10.0. The zero-order valence-electron chi connectivity index (χ0n) is 13.7. The van der Waals surface area contributed by atoms with Crippen molar-refractivity contribution in [3.8, 4) is 0 Å². The summed E-state index contributed by atoms with van der Waals surface area (Å²) in [5.41, 5.74) is 0. The molecule has 1 fully saturated rings. The second kappa shape index (κ2) is 8.07. The molecule has 0 aliphatic carbocycles. The predicted molar refractivity (Wildman–Crippen MR) is 101 cm³/mol. The zero-order chi connectivity index (χ0) is 16.9. The van der Waals surface area contributed by atoms with Gasteiger partial charge in [0.2, 0.25) is 5.95 Å². The van der Waals surface area contributed by atoms with Gasteiger partial charge in [0, 0.05) is 38.1 Å². The van der Waals surface area contributed by atoms with E-state index in [1.165, 1.54) is 11.3 Å². The van der Waals surface area contributed by atoms with Gasteiger partial charge in [-0.05, 0) is 46.6 Å². The van der Waals surface area contributed by atoms with E-state index in [9.17, 15) is 4.79 Å².